The van der Waals surface area contributed by atoms with Crippen LogP contribution in [0.5, 0.6) is 11.5 Å². The summed E-state index contributed by atoms with van der Waals surface area (Å²) in [6, 6.07) is 5.49. The SMILES string of the molecule is COc1cccc(CNC(=O)[C@@H]2CCCN(S(=O)(=O)N3CCC4(CC3)OCCO4)C2)c1OC. The molecule has 1 atom stereocenters. The lowest BCUT2D eigenvalue weighted by Crippen LogP contribution is -2.54. The number of benzene rings is 1. The van der Waals surface area contributed by atoms with Crippen LogP contribution in [0.2, 0.25) is 0 Å². The molecule has 33 heavy (non-hydrogen) atoms. The molecule has 3 heterocycles. The fourth-order valence-corrected chi connectivity index (χ4v) is 6.49. The highest BCUT2D eigenvalue weighted by molar-refractivity contribution is 7.86. The Labute approximate surface area is 195 Å². The molecule has 1 spiro atoms. The number of para-hydroxylation sites is 1. The maximum Gasteiger partial charge on any atom is 0.282 e. The summed E-state index contributed by atoms with van der Waals surface area (Å²) in [7, 11) is -0.527. The molecule has 3 fully saturated rings. The molecule has 3 aliphatic rings. The van der Waals surface area contributed by atoms with Crippen molar-refractivity contribution in [2.24, 2.45) is 5.92 Å². The average Bonchev–Trinajstić information content (AvgIpc) is 3.30. The molecule has 11 heteroatoms. The molecular weight excluding hydrogens is 450 g/mol. The smallest absolute Gasteiger partial charge is 0.282 e. The van der Waals surface area contributed by atoms with Gasteiger partial charge in [0.1, 0.15) is 0 Å². The third-order valence-electron chi connectivity index (χ3n) is 6.64. The minimum Gasteiger partial charge on any atom is -0.493 e. The molecule has 0 aromatic heterocycles. The van der Waals surface area contributed by atoms with E-state index in [2.05, 4.69) is 5.32 Å². The topological polar surface area (TPSA) is 107 Å². The maximum atomic E-state index is 13.3. The summed E-state index contributed by atoms with van der Waals surface area (Å²) in [5.41, 5.74) is 0.795. The Morgan fingerprint density at radius 2 is 1.85 bits per heavy atom. The molecule has 3 aliphatic heterocycles. The van der Waals surface area contributed by atoms with E-state index in [1.807, 2.05) is 12.1 Å². The van der Waals surface area contributed by atoms with Gasteiger partial charge in [-0.05, 0) is 18.9 Å². The molecule has 3 saturated heterocycles. The van der Waals surface area contributed by atoms with Crippen LogP contribution in [0.4, 0.5) is 0 Å². The van der Waals surface area contributed by atoms with Crippen LogP contribution in [0, 0.1) is 5.92 Å². The van der Waals surface area contributed by atoms with E-state index >= 15 is 0 Å². The summed E-state index contributed by atoms with van der Waals surface area (Å²) in [6.45, 7) is 2.68. The Kier molecular flexibility index (Phi) is 7.44. The lowest BCUT2D eigenvalue weighted by Gasteiger charge is -2.40. The molecule has 0 unspecified atom stereocenters. The Morgan fingerprint density at radius 1 is 1.12 bits per heavy atom. The van der Waals surface area contributed by atoms with Gasteiger partial charge >= 0.3 is 0 Å². The van der Waals surface area contributed by atoms with E-state index in [0.29, 0.717) is 70.0 Å². The fraction of sp³-hybridized carbons (Fsp3) is 0.682. The van der Waals surface area contributed by atoms with E-state index in [1.54, 1.807) is 20.3 Å². The van der Waals surface area contributed by atoms with Crippen molar-refractivity contribution in [2.75, 3.05) is 53.6 Å². The molecular formula is C22H33N3O7S. The fourth-order valence-electron chi connectivity index (χ4n) is 4.79. The molecule has 0 saturated carbocycles. The minimum absolute atomic E-state index is 0.162. The zero-order valence-electron chi connectivity index (χ0n) is 19.2. The van der Waals surface area contributed by atoms with Crippen LogP contribution in [0.15, 0.2) is 18.2 Å². The zero-order chi connectivity index (χ0) is 23.5. The second kappa shape index (κ2) is 10.1. The van der Waals surface area contributed by atoms with Crippen molar-refractivity contribution >= 4 is 16.1 Å². The summed E-state index contributed by atoms with van der Waals surface area (Å²) in [5.74, 6) is -0.0210. The number of rotatable bonds is 7. The maximum absolute atomic E-state index is 13.3. The van der Waals surface area contributed by atoms with Gasteiger partial charge in [-0.2, -0.15) is 17.0 Å². The van der Waals surface area contributed by atoms with Gasteiger partial charge < -0.3 is 24.3 Å². The van der Waals surface area contributed by atoms with Crippen molar-refractivity contribution < 1.29 is 32.2 Å². The van der Waals surface area contributed by atoms with E-state index in [-0.39, 0.29) is 19.0 Å². The highest BCUT2D eigenvalue weighted by Crippen LogP contribution is 2.34. The number of nitrogens with one attached hydrogen (secondary N) is 1. The van der Waals surface area contributed by atoms with Crippen LogP contribution in [-0.2, 0) is 31.0 Å². The molecule has 0 bridgehead atoms. The normalized spacial score (nSPS) is 24.0. The third kappa shape index (κ3) is 5.12. The minimum atomic E-state index is -3.65. The predicted octanol–water partition coefficient (Wildman–Crippen LogP) is 1.12. The Bertz CT molecular complexity index is 939. The van der Waals surface area contributed by atoms with Crippen molar-refractivity contribution in [1.29, 1.82) is 0 Å². The number of piperidine rings is 2. The van der Waals surface area contributed by atoms with Crippen LogP contribution in [0.1, 0.15) is 31.2 Å². The Hall–Kier alpha value is -1.92. The summed E-state index contributed by atoms with van der Waals surface area (Å²) in [6.07, 6.45) is 2.33. The summed E-state index contributed by atoms with van der Waals surface area (Å²) in [5, 5.41) is 2.94. The van der Waals surface area contributed by atoms with Crippen molar-refractivity contribution in [1.82, 2.24) is 13.9 Å². The summed E-state index contributed by atoms with van der Waals surface area (Å²) in [4.78, 5) is 12.9. The standard InChI is InChI=1S/C22H33N3O7S/c1-29-19-7-3-5-17(20(19)30-2)15-23-21(26)18-6-4-10-25(16-18)33(27,28)24-11-8-22(9-12-24)31-13-14-32-22/h3,5,7,18H,4,6,8-16H2,1-2H3,(H,23,26)/t18-/m1/s1. The van der Waals surface area contributed by atoms with Gasteiger partial charge in [-0.25, -0.2) is 0 Å². The molecule has 184 valence electrons. The first-order valence-electron chi connectivity index (χ1n) is 11.4. The quantitative estimate of drug-likeness (QED) is 0.619. The molecule has 1 aromatic rings. The van der Waals surface area contributed by atoms with Crippen LogP contribution in [0.25, 0.3) is 0 Å². The lowest BCUT2D eigenvalue weighted by molar-refractivity contribution is -0.179. The van der Waals surface area contributed by atoms with E-state index < -0.39 is 21.9 Å². The van der Waals surface area contributed by atoms with Crippen LogP contribution in [0.3, 0.4) is 0 Å². The highest BCUT2D eigenvalue weighted by atomic mass is 32.2. The molecule has 0 radical (unpaired) electrons. The van der Waals surface area contributed by atoms with Gasteiger partial charge in [-0.3, -0.25) is 4.79 Å². The van der Waals surface area contributed by atoms with E-state index in [9.17, 15) is 13.2 Å². The van der Waals surface area contributed by atoms with Crippen molar-refractivity contribution in [2.45, 2.75) is 38.0 Å². The lowest BCUT2D eigenvalue weighted by atomic mass is 9.98. The van der Waals surface area contributed by atoms with E-state index in [1.165, 1.54) is 8.61 Å². The number of carbonyl (C=O) groups excluding carboxylic acids is 1. The molecule has 1 N–H and O–H groups in total. The molecule has 4 rings (SSSR count). The molecule has 10 nitrogen and oxygen atoms in total. The number of methoxy groups -OCH3 is 2. The number of hydrogen-bond acceptors (Lipinski definition) is 7. The first kappa shape index (κ1) is 24.2. The second-order valence-corrected chi connectivity index (χ2v) is 10.5. The van der Waals surface area contributed by atoms with Gasteiger partial charge in [0, 0.05) is 51.1 Å². The first-order valence-corrected chi connectivity index (χ1v) is 12.8. The van der Waals surface area contributed by atoms with Gasteiger partial charge in [0.05, 0.1) is 33.4 Å². The van der Waals surface area contributed by atoms with Crippen molar-refractivity contribution in [3.8, 4) is 11.5 Å². The molecule has 1 amide bonds. The summed E-state index contributed by atoms with van der Waals surface area (Å²) >= 11 is 0. The monoisotopic (exact) mass is 483 g/mol. The Morgan fingerprint density at radius 3 is 2.52 bits per heavy atom. The average molecular weight is 484 g/mol. The predicted molar refractivity (Wildman–Crippen MR) is 120 cm³/mol. The van der Waals surface area contributed by atoms with E-state index in [4.69, 9.17) is 18.9 Å². The summed E-state index contributed by atoms with van der Waals surface area (Å²) < 4.78 is 51.6. The van der Waals surface area contributed by atoms with Crippen molar-refractivity contribution in [3.05, 3.63) is 23.8 Å². The first-order chi connectivity index (χ1) is 15.9. The van der Waals surface area contributed by atoms with Crippen LogP contribution >= 0.6 is 0 Å². The number of carbonyl (C=O) groups is 1. The van der Waals surface area contributed by atoms with E-state index in [0.717, 1.165) is 5.56 Å². The second-order valence-electron chi connectivity index (χ2n) is 8.58. The number of nitrogens with zero attached hydrogens (tertiary/aromatic N) is 2. The van der Waals surface area contributed by atoms with Gasteiger partial charge in [-0.1, -0.05) is 12.1 Å². The molecule has 1 aromatic carbocycles. The number of amides is 1. The van der Waals surface area contributed by atoms with Gasteiger partial charge in [0.2, 0.25) is 5.91 Å². The van der Waals surface area contributed by atoms with Crippen LogP contribution < -0.4 is 14.8 Å². The van der Waals surface area contributed by atoms with Gasteiger partial charge in [0.15, 0.2) is 17.3 Å². The molecule has 0 aliphatic carbocycles. The van der Waals surface area contributed by atoms with Crippen LogP contribution in [-0.4, -0.2) is 82.3 Å². The zero-order valence-corrected chi connectivity index (χ0v) is 20.1. The van der Waals surface area contributed by atoms with Gasteiger partial charge in [-0.15, -0.1) is 0 Å². The number of ether oxygens (including phenoxy) is 4. The number of hydrogen-bond donors (Lipinski definition) is 1. The Balaban J connectivity index is 1.35. The highest BCUT2D eigenvalue weighted by Gasteiger charge is 2.44. The van der Waals surface area contributed by atoms with Gasteiger partial charge in [0.25, 0.3) is 10.2 Å². The third-order valence-corrected chi connectivity index (χ3v) is 8.64. The largest absolute Gasteiger partial charge is 0.493 e. The van der Waals surface area contributed by atoms with Crippen molar-refractivity contribution in [3.63, 3.8) is 0 Å².